The molecule has 0 aliphatic heterocycles. The summed E-state index contributed by atoms with van der Waals surface area (Å²) in [6.45, 7) is 6.94. The Labute approximate surface area is 157 Å². The van der Waals surface area contributed by atoms with Crippen LogP contribution < -0.4 is 10.6 Å². The molecule has 1 atom stereocenters. The van der Waals surface area contributed by atoms with E-state index in [1.807, 2.05) is 7.05 Å². The molecule has 8 heteroatoms. The predicted molar refractivity (Wildman–Crippen MR) is 101 cm³/mol. The summed E-state index contributed by atoms with van der Waals surface area (Å²) in [5.74, 6) is -2.46. The first kappa shape index (κ1) is 22.4. The molecule has 0 saturated carbocycles. The number of nitrogens with zero attached hydrogens (tertiary/aromatic N) is 1. The molecule has 3 N–H and O–H groups in total. The zero-order valence-electron chi connectivity index (χ0n) is 16.0. The maximum atomic E-state index is 13.4. The lowest BCUT2D eigenvalue weighted by Crippen LogP contribution is -2.17. The molecule has 0 spiro atoms. The number of H-pyrrole nitrogens is 1. The first-order chi connectivity index (χ1) is 12.8. The molecule has 1 amide bonds. The van der Waals surface area contributed by atoms with Crippen LogP contribution >= 0.6 is 0 Å². The Kier molecular flexibility index (Phi) is 9.29. The van der Waals surface area contributed by atoms with Gasteiger partial charge in [-0.3, -0.25) is 14.7 Å². The second-order valence-electron chi connectivity index (χ2n) is 6.22. The van der Waals surface area contributed by atoms with Crippen LogP contribution in [0.4, 0.5) is 14.5 Å². The third-order valence-electron chi connectivity index (χ3n) is 3.76. The number of carbonyl (C=O) groups is 2. The van der Waals surface area contributed by atoms with Gasteiger partial charge in [0.2, 0.25) is 0 Å². The van der Waals surface area contributed by atoms with Crippen molar-refractivity contribution >= 4 is 17.4 Å². The Bertz CT molecular complexity index is 736. The summed E-state index contributed by atoms with van der Waals surface area (Å²) in [6.07, 6.45) is 3.84. The van der Waals surface area contributed by atoms with Gasteiger partial charge in [0.1, 0.15) is 22.9 Å². The van der Waals surface area contributed by atoms with E-state index in [0.717, 1.165) is 30.7 Å². The summed E-state index contributed by atoms with van der Waals surface area (Å²) in [5.41, 5.74) is -0.580. The van der Waals surface area contributed by atoms with Gasteiger partial charge in [0, 0.05) is 6.92 Å². The molecule has 27 heavy (non-hydrogen) atoms. The molecule has 0 bridgehead atoms. The van der Waals surface area contributed by atoms with Gasteiger partial charge in [-0.2, -0.15) is 5.10 Å². The molecule has 2 rings (SSSR count). The second kappa shape index (κ2) is 11.2. The normalized spacial score (nSPS) is 11.3. The number of anilines is 1. The summed E-state index contributed by atoms with van der Waals surface area (Å²) < 4.78 is 26.8. The first-order valence-corrected chi connectivity index (χ1v) is 8.76. The Morgan fingerprint density at radius 2 is 1.89 bits per heavy atom. The number of aromatic nitrogens is 2. The van der Waals surface area contributed by atoms with Crippen LogP contribution in [0.3, 0.4) is 0 Å². The summed E-state index contributed by atoms with van der Waals surface area (Å²) in [4.78, 5) is 23.0. The van der Waals surface area contributed by atoms with E-state index < -0.39 is 23.1 Å². The van der Waals surface area contributed by atoms with Gasteiger partial charge in [0.25, 0.3) is 5.91 Å². The number of carbonyl (C=O) groups excluding carboxylic acids is 2. The molecule has 1 aromatic carbocycles. The highest BCUT2D eigenvalue weighted by molar-refractivity contribution is 6.08. The minimum absolute atomic E-state index is 0.0603. The number of ketones is 1. The molecule has 148 valence electrons. The highest BCUT2D eigenvalue weighted by Gasteiger charge is 2.19. The molecular formula is C19H26F2N4O2. The summed E-state index contributed by atoms with van der Waals surface area (Å²) >= 11 is 0. The molecule has 1 unspecified atom stereocenters. The summed E-state index contributed by atoms with van der Waals surface area (Å²) in [7, 11) is 2.01. The maximum absolute atomic E-state index is 13.4. The van der Waals surface area contributed by atoms with E-state index in [-0.39, 0.29) is 17.2 Å². The number of hydrogen-bond acceptors (Lipinski definition) is 4. The van der Waals surface area contributed by atoms with E-state index in [1.165, 1.54) is 26.0 Å². The summed E-state index contributed by atoms with van der Waals surface area (Å²) in [5, 5.41) is 11.4. The van der Waals surface area contributed by atoms with Crippen LogP contribution in [0, 0.1) is 17.6 Å². The van der Waals surface area contributed by atoms with Gasteiger partial charge in [-0.25, -0.2) is 8.78 Å². The van der Waals surface area contributed by atoms with E-state index in [2.05, 4.69) is 34.7 Å². The van der Waals surface area contributed by atoms with E-state index in [9.17, 15) is 18.4 Å². The van der Waals surface area contributed by atoms with Crippen LogP contribution in [-0.2, 0) is 0 Å². The van der Waals surface area contributed by atoms with Crippen LogP contribution in [0.5, 0.6) is 0 Å². The van der Waals surface area contributed by atoms with Crippen molar-refractivity contribution in [2.75, 3.05) is 18.9 Å². The van der Waals surface area contributed by atoms with Crippen LogP contribution in [0.15, 0.2) is 24.4 Å². The van der Waals surface area contributed by atoms with Gasteiger partial charge in [-0.1, -0.05) is 26.3 Å². The second-order valence-corrected chi connectivity index (χ2v) is 6.22. The van der Waals surface area contributed by atoms with Gasteiger partial charge < -0.3 is 10.6 Å². The first-order valence-electron chi connectivity index (χ1n) is 8.76. The van der Waals surface area contributed by atoms with Gasteiger partial charge in [-0.15, -0.1) is 0 Å². The minimum Gasteiger partial charge on any atom is -0.319 e. The molecule has 0 fully saturated rings. The highest BCUT2D eigenvalue weighted by atomic mass is 19.1. The van der Waals surface area contributed by atoms with E-state index in [0.29, 0.717) is 0 Å². The van der Waals surface area contributed by atoms with Gasteiger partial charge in [-0.05, 0) is 38.1 Å². The van der Waals surface area contributed by atoms with Gasteiger partial charge in [0.05, 0.1) is 11.9 Å². The summed E-state index contributed by atoms with van der Waals surface area (Å²) in [6, 6.07) is 3.10. The maximum Gasteiger partial charge on any atom is 0.261 e. The van der Waals surface area contributed by atoms with E-state index in [1.54, 1.807) is 0 Å². The third-order valence-corrected chi connectivity index (χ3v) is 3.76. The molecular weight excluding hydrogens is 354 g/mol. The number of nitrogens with one attached hydrogen (secondary N) is 3. The third kappa shape index (κ3) is 6.90. The van der Waals surface area contributed by atoms with Crippen molar-refractivity contribution < 1.29 is 18.4 Å². The van der Waals surface area contributed by atoms with Crippen molar-refractivity contribution in [2.24, 2.45) is 5.92 Å². The number of hydrogen-bond donors (Lipinski definition) is 3. The van der Waals surface area contributed by atoms with Crippen LogP contribution in [0.2, 0.25) is 0 Å². The Hall–Kier alpha value is -2.61. The topological polar surface area (TPSA) is 86.9 Å². The van der Waals surface area contributed by atoms with E-state index in [4.69, 9.17) is 0 Å². The van der Waals surface area contributed by atoms with Gasteiger partial charge >= 0.3 is 0 Å². The van der Waals surface area contributed by atoms with Crippen LogP contribution in [-0.4, -0.2) is 35.5 Å². The van der Waals surface area contributed by atoms with Crippen molar-refractivity contribution in [2.45, 2.75) is 33.6 Å². The van der Waals surface area contributed by atoms with Gasteiger partial charge in [0.15, 0.2) is 5.78 Å². The largest absolute Gasteiger partial charge is 0.319 e. The Morgan fingerprint density at radius 3 is 2.41 bits per heavy atom. The fourth-order valence-corrected chi connectivity index (χ4v) is 2.49. The monoisotopic (exact) mass is 380 g/mol. The van der Waals surface area contributed by atoms with E-state index >= 15 is 0 Å². The smallest absolute Gasteiger partial charge is 0.261 e. The number of amides is 1. The number of aromatic amines is 1. The van der Waals surface area contributed by atoms with Crippen LogP contribution in [0.25, 0.3) is 0 Å². The number of benzene rings is 1. The number of Topliss-reactive ketones (excluding diaryl/α,β-unsaturated/α-hetero) is 1. The van der Waals surface area contributed by atoms with Crippen molar-refractivity contribution in [3.63, 3.8) is 0 Å². The standard InChI is InChI=1S/C12H9F2N3O2.C7H17N/c1-6(18)11-9(5-15-17-11)16-12(19)10-7(13)3-2-4-8(10)14;1-4-5-7(2)6-8-3/h2-5H,1H3,(H,15,17)(H,16,19);7-8H,4-6H2,1-3H3. The molecule has 0 aliphatic rings. The zero-order chi connectivity index (χ0) is 20.4. The lowest BCUT2D eigenvalue weighted by atomic mass is 10.1. The number of rotatable bonds is 7. The van der Waals surface area contributed by atoms with Crippen molar-refractivity contribution in [1.82, 2.24) is 15.5 Å². The Balaban J connectivity index is 0.000000387. The van der Waals surface area contributed by atoms with Crippen LogP contribution in [0.1, 0.15) is 54.5 Å². The predicted octanol–water partition coefficient (Wildman–Crippen LogP) is 3.78. The SMILES string of the molecule is CC(=O)c1[nH]ncc1NC(=O)c1c(F)cccc1F.CCCC(C)CNC. The fraction of sp³-hybridized carbons (Fsp3) is 0.421. The van der Waals surface area contributed by atoms with Crippen molar-refractivity contribution in [3.05, 3.63) is 47.3 Å². The average Bonchev–Trinajstić information content (AvgIpc) is 3.04. The molecule has 0 saturated heterocycles. The van der Waals surface area contributed by atoms with Crippen molar-refractivity contribution in [3.8, 4) is 0 Å². The minimum atomic E-state index is -0.987. The molecule has 2 aromatic rings. The highest BCUT2D eigenvalue weighted by Crippen LogP contribution is 2.17. The fourth-order valence-electron chi connectivity index (χ4n) is 2.49. The zero-order valence-corrected chi connectivity index (χ0v) is 16.0. The lowest BCUT2D eigenvalue weighted by molar-refractivity contribution is 0.101. The average molecular weight is 380 g/mol. The molecule has 0 radical (unpaired) electrons. The number of halogens is 2. The Morgan fingerprint density at radius 1 is 1.26 bits per heavy atom. The molecule has 0 aliphatic carbocycles. The lowest BCUT2D eigenvalue weighted by Gasteiger charge is -2.06. The molecule has 1 heterocycles. The molecule has 1 aromatic heterocycles. The van der Waals surface area contributed by atoms with Crippen molar-refractivity contribution in [1.29, 1.82) is 0 Å². The molecule has 6 nitrogen and oxygen atoms in total. The quantitative estimate of drug-likeness (QED) is 0.638.